The highest BCUT2D eigenvalue weighted by molar-refractivity contribution is 8.18. The summed E-state index contributed by atoms with van der Waals surface area (Å²) in [5.74, 6) is 0.0626. The lowest BCUT2D eigenvalue weighted by atomic mass is 10.1. The van der Waals surface area contributed by atoms with Crippen LogP contribution in [0.3, 0.4) is 0 Å². The van der Waals surface area contributed by atoms with Gasteiger partial charge in [-0.3, -0.25) is 19.3 Å². The largest absolute Gasteiger partial charge is 0.493 e. The number of amides is 3. The van der Waals surface area contributed by atoms with Crippen LogP contribution in [0.4, 0.5) is 10.5 Å². The van der Waals surface area contributed by atoms with Crippen LogP contribution in [0.5, 0.6) is 11.5 Å². The quantitative estimate of drug-likeness (QED) is 0.398. The third-order valence-electron chi connectivity index (χ3n) is 5.06. The van der Waals surface area contributed by atoms with Crippen molar-refractivity contribution in [3.05, 3.63) is 93.9 Å². The molecule has 7 nitrogen and oxygen atoms in total. The Labute approximate surface area is 211 Å². The minimum absolute atomic E-state index is 0.100. The number of ether oxygens (including phenoxy) is 2. The Kier molecular flexibility index (Phi) is 7.74. The zero-order valence-corrected chi connectivity index (χ0v) is 20.3. The molecule has 0 aliphatic carbocycles. The molecular weight excluding hydrogens is 488 g/mol. The van der Waals surface area contributed by atoms with Gasteiger partial charge in [0, 0.05) is 10.7 Å². The molecule has 0 bridgehead atoms. The van der Waals surface area contributed by atoms with Crippen LogP contribution in [-0.2, 0) is 16.1 Å². The van der Waals surface area contributed by atoms with E-state index in [0.29, 0.717) is 38.2 Å². The molecule has 1 fully saturated rings. The van der Waals surface area contributed by atoms with Gasteiger partial charge < -0.3 is 14.8 Å². The number of hydrogen-bond donors (Lipinski definition) is 1. The Balaban J connectivity index is 1.43. The van der Waals surface area contributed by atoms with Gasteiger partial charge in [-0.05, 0) is 59.3 Å². The van der Waals surface area contributed by atoms with E-state index in [0.717, 1.165) is 16.7 Å². The second-order valence-corrected chi connectivity index (χ2v) is 8.87. The maximum absolute atomic E-state index is 12.9. The maximum atomic E-state index is 12.9. The van der Waals surface area contributed by atoms with Crippen molar-refractivity contribution < 1.29 is 23.9 Å². The highest BCUT2D eigenvalue weighted by Gasteiger charge is 2.35. The van der Waals surface area contributed by atoms with Crippen molar-refractivity contribution >= 4 is 52.2 Å². The van der Waals surface area contributed by atoms with E-state index < -0.39 is 5.91 Å². The number of nitrogens with zero attached hydrogens (tertiary/aromatic N) is 1. The standard InChI is InChI=1S/C26H21ClN2O5S/c1-33-22-13-17(11-12-21(22)34-16-24(30)28-19-8-3-2-4-9-19)14-23-25(31)29(26(32)35-23)15-18-7-5-6-10-20(18)27/h2-14H,15-16H2,1H3,(H,28,30)/b23-14-. The average molecular weight is 509 g/mol. The Morgan fingerprint density at radius 3 is 2.51 bits per heavy atom. The molecule has 178 valence electrons. The van der Waals surface area contributed by atoms with Crippen molar-refractivity contribution in [1.29, 1.82) is 0 Å². The summed E-state index contributed by atoms with van der Waals surface area (Å²) < 4.78 is 11.0. The highest BCUT2D eigenvalue weighted by atomic mass is 35.5. The first-order valence-corrected chi connectivity index (χ1v) is 11.8. The fraction of sp³-hybridized carbons (Fsp3) is 0.115. The number of para-hydroxylation sites is 1. The monoisotopic (exact) mass is 508 g/mol. The van der Waals surface area contributed by atoms with Crippen molar-refractivity contribution in [2.24, 2.45) is 0 Å². The minimum Gasteiger partial charge on any atom is -0.493 e. The number of imide groups is 1. The second kappa shape index (κ2) is 11.1. The molecule has 0 radical (unpaired) electrons. The van der Waals surface area contributed by atoms with Crippen LogP contribution in [0.15, 0.2) is 77.7 Å². The smallest absolute Gasteiger partial charge is 0.293 e. The molecule has 0 spiro atoms. The summed E-state index contributed by atoms with van der Waals surface area (Å²) in [5, 5.41) is 2.87. The number of hydrogen-bond acceptors (Lipinski definition) is 6. The van der Waals surface area contributed by atoms with Crippen molar-refractivity contribution in [2.45, 2.75) is 6.54 Å². The number of benzene rings is 3. The Hall–Kier alpha value is -3.75. The molecule has 9 heteroatoms. The maximum Gasteiger partial charge on any atom is 0.293 e. The summed E-state index contributed by atoms with van der Waals surface area (Å²) in [6.45, 7) is -0.103. The van der Waals surface area contributed by atoms with Gasteiger partial charge in [0.05, 0.1) is 18.6 Å². The molecule has 1 aliphatic rings. The summed E-state index contributed by atoms with van der Waals surface area (Å²) in [6.07, 6.45) is 1.62. The third-order valence-corrected chi connectivity index (χ3v) is 6.34. The molecule has 3 amide bonds. The third kappa shape index (κ3) is 6.03. The lowest BCUT2D eigenvalue weighted by Gasteiger charge is -2.13. The lowest BCUT2D eigenvalue weighted by Crippen LogP contribution is -2.27. The van der Waals surface area contributed by atoms with Gasteiger partial charge in [0.2, 0.25) is 0 Å². The van der Waals surface area contributed by atoms with Crippen LogP contribution >= 0.6 is 23.4 Å². The fourth-order valence-corrected chi connectivity index (χ4v) is 4.37. The molecule has 35 heavy (non-hydrogen) atoms. The summed E-state index contributed by atoms with van der Waals surface area (Å²) in [5.41, 5.74) is 2.01. The number of halogens is 1. The average Bonchev–Trinajstić information content (AvgIpc) is 3.12. The number of rotatable bonds is 8. The van der Waals surface area contributed by atoms with E-state index in [9.17, 15) is 14.4 Å². The number of carbonyl (C=O) groups is 3. The number of carbonyl (C=O) groups excluding carboxylic acids is 3. The molecule has 0 atom stereocenters. The summed E-state index contributed by atoms with van der Waals surface area (Å²) in [7, 11) is 1.48. The molecule has 3 aromatic rings. The first-order valence-electron chi connectivity index (χ1n) is 10.6. The molecule has 0 saturated carbocycles. The number of nitrogens with one attached hydrogen (secondary N) is 1. The van der Waals surface area contributed by atoms with Gasteiger partial charge in [0.15, 0.2) is 18.1 Å². The van der Waals surface area contributed by atoms with Gasteiger partial charge in [-0.1, -0.05) is 54.1 Å². The highest BCUT2D eigenvalue weighted by Crippen LogP contribution is 2.35. The predicted molar refractivity (Wildman–Crippen MR) is 137 cm³/mol. The molecule has 4 rings (SSSR count). The normalized spacial score (nSPS) is 14.3. The molecular formula is C26H21ClN2O5S. The van der Waals surface area contributed by atoms with E-state index in [-0.39, 0.29) is 24.3 Å². The predicted octanol–water partition coefficient (Wildman–Crippen LogP) is 5.60. The number of methoxy groups -OCH3 is 1. The zero-order valence-electron chi connectivity index (χ0n) is 18.7. The van der Waals surface area contributed by atoms with Crippen LogP contribution in [0.25, 0.3) is 6.08 Å². The molecule has 1 aliphatic heterocycles. The molecule has 0 aromatic heterocycles. The van der Waals surface area contributed by atoms with E-state index in [1.165, 1.54) is 7.11 Å². The van der Waals surface area contributed by atoms with Gasteiger partial charge in [-0.25, -0.2) is 0 Å². The SMILES string of the molecule is COc1cc(/C=C2\SC(=O)N(Cc3ccccc3Cl)C2=O)ccc1OCC(=O)Nc1ccccc1. The molecule has 1 N–H and O–H groups in total. The van der Waals surface area contributed by atoms with Crippen molar-refractivity contribution in [2.75, 3.05) is 19.0 Å². The van der Waals surface area contributed by atoms with Gasteiger partial charge >= 0.3 is 0 Å². The lowest BCUT2D eigenvalue weighted by molar-refractivity contribution is -0.123. The van der Waals surface area contributed by atoms with Crippen LogP contribution in [0, 0.1) is 0 Å². The Bertz CT molecular complexity index is 1300. The van der Waals surface area contributed by atoms with Crippen LogP contribution in [0.1, 0.15) is 11.1 Å². The van der Waals surface area contributed by atoms with Crippen molar-refractivity contribution in [3.8, 4) is 11.5 Å². The van der Waals surface area contributed by atoms with E-state index in [1.807, 2.05) is 18.2 Å². The Morgan fingerprint density at radius 1 is 1.03 bits per heavy atom. The summed E-state index contributed by atoms with van der Waals surface area (Å²) >= 11 is 7.04. The van der Waals surface area contributed by atoms with Crippen molar-refractivity contribution in [1.82, 2.24) is 4.90 Å². The number of thioether (sulfide) groups is 1. The molecule has 1 heterocycles. The topological polar surface area (TPSA) is 84.9 Å². The van der Waals surface area contributed by atoms with Gasteiger partial charge in [-0.15, -0.1) is 0 Å². The van der Waals surface area contributed by atoms with Gasteiger partial charge in [0.1, 0.15) is 0 Å². The zero-order chi connectivity index (χ0) is 24.8. The number of anilines is 1. The molecule has 1 saturated heterocycles. The van der Waals surface area contributed by atoms with Crippen molar-refractivity contribution in [3.63, 3.8) is 0 Å². The summed E-state index contributed by atoms with van der Waals surface area (Å²) in [6, 6.07) is 21.2. The van der Waals surface area contributed by atoms with Crippen LogP contribution < -0.4 is 14.8 Å². The summed E-state index contributed by atoms with van der Waals surface area (Å²) in [4.78, 5) is 38.9. The van der Waals surface area contributed by atoms with Crippen LogP contribution in [-0.4, -0.2) is 35.7 Å². The van der Waals surface area contributed by atoms with Crippen LogP contribution in [0.2, 0.25) is 5.02 Å². The molecule has 3 aromatic carbocycles. The second-order valence-electron chi connectivity index (χ2n) is 7.47. The molecule has 0 unspecified atom stereocenters. The minimum atomic E-state index is -0.392. The Morgan fingerprint density at radius 2 is 1.77 bits per heavy atom. The van der Waals surface area contributed by atoms with E-state index in [2.05, 4.69) is 5.32 Å². The van der Waals surface area contributed by atoms with E-state index in [1.54, 1.807) is 60.7 Å². The van der Waals surface area contributed by atoms with E-state index >= 15 is 0 Å². The van der Waals surface area contributed by atoms with Gasteiger partial charge in [0.25, 0.3) is 17.1 Å². The van der Waals surface area contributed by atoms with E-state index in [4.69, 9.17) is 21.1 Å². The first-order chi connectivity index (χ1) is 16.9. The fourth-order valence-electron chi connectivity index (χ4n) is 3.34. The first kappa shape index (κ1) is 24.4. The van der Waals surface area contributed by atoms with Gasteiger partial charge in [-0.2, -0.15) is 0 Å².